The highest BCUT2D eigenvalue weighted by Gasteiger charge is 2.26. The molecular weight excluding hydrogens is 396 g/mol. The molecule has 4 rings (SSSR count). The van der Waals surface area contributed by atoms with Crippen LogP contribution in [0.1, 0.15) is 45.6 Å². The number of anilines is 1. The third-order valence-corrected chi connectivity index (χ3v) is 6.53. The maximum absolute atomic E-state index is 12.7. The minimum atomic E-state index is -0.263. The number of carbonyl (C=O) groups is 2. The van der Waals surface area contributed by atoms with Gasteiger partial charge in [-0.15, -0.1) is 22.7 Å². The van der Waals surface area contributed by atoms with Gasteiger partial charge in [-0.2, -0.15) is 0 Å². The Bertz CT molecular complexity index is 964. The van der Waals surface area contributed by atoms with Crippen LogP contribution < -0.4 is 5.32 Å². The lowest BCUT2D eigenvalue weighted by Gasteiger charge is -2.31. The van der Waals surface area contributed by atoms with Gasteiger partial charge < -0.3 is 9.32 Å². The molecule has 1 fully saturated rings. The predicted molar refractivity (Wildman–Crippen MR) is 108 cm³/mol. The number of hydrogen-bond acceptors (Lipinski definition) is 7. The minimum absolute atomic E-state index is 0.0649. The van der Waals surface area contributed by atoms with Gasteiger partial charge in [0.1, 0.15) is 5.76 Å². The highest BCUT2D eigenvalue weighted by Crippen LogP contribution is 2.28. The van der Waals surface area contributed by atoms with E-state index in [1.54, 1.807) is 24.3 Å². The molecule has 1 aliphatic heterocycles. The Morgan fingerprint density at radius 1 is 1.39 bits per heavy atom. The smallest absolute Gasteiger partial charge is 0.260 e. The van der Waals surface area contributed by atoms with Gasteiger partial charge in [0, 0.05) is 36.0 Å². The Balaban J connectivity index is 1.35. The Kier molecular flexibility index (Phi) is 5.54. The Morgan fingerprint density at radius 3 is 3.04 bits per heavy atom. The average Bonchev–Trinajstić information content (AvgIpc) is 3.44. The van der Waals surface area contributed by atoms with E-state index in [0.717, 1.165) is 24.4 Å². The van der Waals surface area contributed by atoms with E-state index in [-0.39, 0.29) is 18.2 Å². The molecule has 1 aliphatic rings. The summed E-state index contributed by atoms with van der Waals surface area (Å²) in [4.78, 5) is 35.7. The van der Waals surface area contributed by atoms with Crippen molar-refractivity contribution in [3.05, 3.63) is 51.3 Å². The van der Waals surface area contributed by atoms with Gasteiger partial charge >= 0.3 is 0 Å². The number of amides is 2. The largest absolute Gasteiger partial charge is 0.469 e. The monoisotopic (exact) mass is 416 g/mol. The van der Waals surface area contributed by atoms with E-state index in [2.05, 4.69) is 15.3 Å². The molecular formula is C19H20N4O3S2. The maximum Gasteiger partial charge on any atom is 0.260 e. The number of piperidine rings is 1. The summed E-state index contributed by atoms with van der Waals surface area (Å²) in [6.45, 7) is 3.21. The third-order valence-electron chi connectivity index (χ3n) is 4.78. The zero-order chi connectivity index (χ0) is 19.5. The number of likely N-dealkylation sites (tertiary alicyclic amines) is 1. The van der Waals surface area contributed by atoms with E-state index in [4.69, 9.17) is 4.42 Å². The molecule has 1 unspecified atom stereocenters. The van der Waals surface area contributed by atoms with Gasteiger partial charge in [-0.05, 0) is 25.8 Å². The third kappa shape index (κ3) is 4.15. The van der Waals surface area contributed by atoms with E-state index in [1.165, 1.54) is 17.6 Å². The lowest BCUT2D eigenvalue weighted by Crippen LogP contribution is -2.40. The molecule has 0 radical (unpaired) electrons. The molecule has 7 nitrogen and oxygen atoms in total. The summed E-state index contributed by atoms with van der Waals surface area (Å²) >= 11 is 2.96. The SMILES string of the molecule is Cc1occc1C(=O)Nc1nc(CC(=O)N2CCCC(c3nccs3)C2)cs1. The van der Waals surface area contributed by atoms with Gasteiger partial charge in [0.25, 0.3) is 5.91 Å². The minimum Gasteiger partial charge on any atom is -0.469 e. The van der Waals surface area contributed by atoms with Crippen LogP contribution in [0.15, 0.2) is 33.7 Å². The van der Waals surface area contributed by atoms with Gasteiger partial charge in [0.05, 0.1) is 28.9 Å². The number of rotatable bonds is 5. The molecule has 1 atom stereocenters. The lowest BCUT2D eigenvalue weighted by molar-refractivity contribution is -0.131. The second-order valence-corrected chi connectivity index (χ2v) is 8.50. The molecule has 3 aromatic rings. The van der Waals surface area contributed by atoms with Gasteiger partial charge in [-0.3, -0.25) is 14.9 Å². The van der Waals surface area contributed by atoms with Crippen LogP contribution in [0.5, 0.6) is 0 Å². The second-order valence-electron chi connectivity index (χ2n) is 6.71. The van der Waals surface area contributed by atoms with Crippen molar-refractivity contribution in [1.82, 2.24) is 14.9 Å². The van der Waals surface area contributed by atoms with Crippen LogP contribution >= 0.6 is 22.7 Å². The fraction of sp³-hybridized carbons (Fsp3) is 0.368. The number of aryl methyl sites for hydroxylation is 1. The van der Waals surface area contributed by atoms with Crippen molar-refractivity contribution in [2.24, 2.45) is 0 Å². The predicted octanol–water partition coefficient (Wildman–Crippen LogP) is 3.70. The number of nitrogens with zero attached hydrogens (tertiary/aromatic N) is 3. The van der Waals surface area contributed by atoms with Crippen LogP contribution in [0.2, 0.25) is 0 Å². The highest BCUT2D eigenvalue weighted by atomic mass is 32.1. The molecule has 0 saturated carbocycles. The van der Waals surface area contributed by atoms with Crippen LogP contribution in [0.25, 0.3) is 0 Å². The fourth-order valence-electron chi connectivity index (χ4n) is 3.34. The summed E-state index contributed by atoms with van der Waals surface area (Å²) in [5.41, 5.74) is 1.15. The van der Waals surface area contributed by atoms with Crippen molar-refractivity contribution in [3.8, 4) is 0 Å². The summed E-state index contributed by atoms with van der Waals surface area (Å²) in [5, 5.41) is 8.14. The number of nitrogens with one attached hydrogen (secondary N) is 1. The fourth-order valence-corrected chi connectivity index (χ4v) is 4.81. The number of aromatic nitrogens is 2. The van der Waals surface area contributed by atoms with E-state index in [0.29, 0.717) is 34.6 Å². The van der Waals surface area contributed by atoms with Gasteiger partial charge in [0.2, 0.25) is 5.91 Å². The first-order chi connectivity index (χ1) is 13.6. The number of furan rings is 1. The lowest BCUT2D eigenvalue weighted by atomic mass is 9.98. The van der Waals surface area contributed by atoms with E-state index >= 15 is 0 Å². The molecule has 0 aliphatic carbocycles. The van der Waals surface area contributed by atoms with E-state index in [9.17, 15) is 9.59 Å². The van der Waals surface area contributed by atoms with Crippen molar-refractivity contribution in [3.63, 3.8) is 0 Å². The molecule has 3 aromatic heterocycles. The summed E-state index contributed by atoms with van der Waals surface area (Å²) in [6.07, 6.45) is 5.59. The molecule has 1 saturated heterocycles. The van der Waals surface area contributed by atoms with Crippen molar-refractivity contribution in [2.45, 2.75) is 32.1 Å². The molecule has 4 heterocycles. The normalized spacial score (nSPS) is 16.9. The van der Waals surface area contributed by atoms with Crippen molar-refractivity contribution in [1.29, 1.82) is 0 Å². The molecule has 0 bridgehead atoms. The standard InChI is InChI=1S/C19H20N4O3S2/c1-12-15(4-7-26-12)17(25)22-19-21-14(11-28-19)9-16(24)23-6-2-3-13(10-23)18-20-5-8-27-18/h4-5,7-8,11,13H,2-3,6,9-10H2,1H3,(H,21,22,25). The molecule has 0 spiro atoms. The molecule has 0 aromatic carbocycles. The summed E-state index contributed by atoms with van der Waals surface area (Å²) in [5.74, 6) is 0.682. The van der Waals surface area contributed by atoms with E-state index in [1.807, 2.05) is 21.9 Å². The summed E-state index contributed by atoms with van der Waals surface area (Å²) < 4.78 is 5.15. The first-order valence-corrected chi connectivity index (χ1v) is 10.8. The highest BCUT2D eigenvalue weighted by molar-refractivity contribution is 7.14. The first-order valence-electron chi connectivity index (χ1n) is 9.07. The van der Waals surface area contributed by atoms with Crippen LogP contribution in [0.4, 0.5) is 5.13 Å². The number of thiazole rings is 2. The second kappa shape index (κ2) is 8.24. The Morgan fingerprint density at radius 2 is 2.29 bits per heavy atom. The zero-order valence-electron chi connectivity index (χ0n) is 15.4. The maximum atomic E-state index is 12.7. The molecule has 28 heavy (non-hydrogen) atoms. The number of carbonyl (C=O) groups excluding carboxylic acids is 2. The molecule has 9 heteroatoms. The molecule has 2 amide bonds. The van der Waals surface area contributed by atoms with Crippen LogP contribution in [-0.4, -0.2) is 39.8 Å². The quantitative estimate of drug-likeness (QED) is 0.685. The van der Waals surface area contributed by atoms with Crippen LogP contribution in [0.3, 0.4) is 0 Å². The van der Waals surface area contributed by atoms with Crippen molar-refractivity contribution < 1.29 is 14.0 Å². The van der Waals surface area contributed by atoms with Crippen LogP contribution in [0, 0.1) is 6.92 Å². The van der Waals surface area contributed by atoms with Crippen LogP contribution in [-0.2, 0) is 11.2 Å². The first kappa shape index (κ1) is 18.8. The average molecular weight is 417 g/mol. The Labute approximate surface area is 170 Å². The molecule has 146 valence electrons. The van der Waals surface area contributed by atoms with E-state index < -0.39 is 0 Å². The topological polar surface area (TPSA) is 88.3 Å². The summed E-state index contributed by atoms with van der Waals surface area (Å²) in [6, 6.07) is 1.62. The van der Waals surface area contributed by atoms with Gasteiger partial charge in [0.15, 0.2) is 5.13 Å². The zero-order valence-corrected chi connectivity index (χ0v) is 17.0. The van der Waals surface area contributed by atoms with Gasteiger partial charge in [-0.25, -0.2) is 9.97 Å². The van der Waals surface area contributed by atoms with Crippen molar-refractivity contribution >= 4 is 39.6 Å². The number of hydrogen-bond donors (Lipinski definition) is 1. The van der Waals surface area contributed by atoms with Crippen molar-refractivity contribution in [2.75, 3.05) is 18.4 Å². The Hall–Kier alpha value is -2.52. The van der Waals surface area contributed by atoms with Gasteiger partial charge in [-0.1, -0.05) is 0 Å². The molecule has 1 N–H and O–H groups in total. The summed E-state index contributed by atoms with van der Waals surface area (Å²) in [7, 11) is 0.